The molecule has 1 aromatic heterocycles. The van der Waals surface area contributed by atoms with Gasteiger partial charge in [0, 0.05) is 26.0 Å². The summed E-state index contributed by atoms with van der Waals surface area (Å²) in [4.78, 5) is 19.7. The Bertz CT molecular complexity index is 1020. The van der Waals surface area contributed by atoms with Crippen molar-refractivity contribution in [2.24, 2.45) is 5.41 Å². The first kappa shape index (κ1) is 21.3. The van der Waals surface area contributed by atoms with Crippen LogP contribution < -0.4 is 5.32 Å². The van der Waals surface area contributed by atoms with E-state index in [0.717, 1.165) is 50.0 Å². The van der Waals surface area contributed by atoms with E-state index in [1.807, 2.05) is 12.3 Å². The van der Waals surface area contributed by atoms with Crippen molar-refractivity contribution in [1.29, 1.82) is 0 Å². The molecule has 0 unspecified atom stereocenters. The highest BCUT2D eigenvalue weighted by atomic mass is 16.2. The van der Waals surface area contributed by atoms with Crippen molar-refractivity contribution in [1.82, 2.24) is 15.2 Å². The van der Waals surface area contributed by atoms with Crippen molar-refractivity contribution < 1.29 is 4.79 Å². The molecule has 2 aromatic carbocycles. The molecule has 0 saturated carbocycles. The number of carbonyl (C=O) groups is 1. The zero-order valence-electron chi connectivity index (χ0n) is 18.5. The van der Waals surface area contributed by atoms with E-state index < -0.39 is 0 Å². The molecule has 0 spiro atoms. The van der Waals surface area contributed by atoms with E-state index >= 15 is 0 Å². The molecule has 160 valence electrons. The molecule has 31 heavy (non-hydrogen) atoms. The lowest BCUT2D eigenvalue weighted by molar-refractivity contribution is -0.133. The first-order valence-electron chi connectivity index (χ1n) is 11.1. The largest absolute Gasteiger partial charge is 0.359 e. The standard InChI is InChI=1S/C27H31N3O/c1-21-6-3-8-23(16-21)20-30-14-11-27(12-15-30,26(31)28-2)18-22-7-4-9-24(17-22)25-10-5-13-29-19-25/h3-10,13,16-17,19H,11-12,14-15,18,20H2,1-2H3,(H,28,31). The Hall–Kier alpha value is -2.98. The second-order valence-corrected chi connectivity index (χ2v) is 8.74. The van der Waals surface area contributed by atoms with Gasteiger partial charge in [0.2, 0.25) is 5.91 Å². The third kappa shape index (κ3) is 5.02. The number of benzene rings is 2. The van der Waals surface area contributed by atoms with E-state index in [2.05, 4.69) is 76.7 Å². The summed E-state index contributed by atoms with van der Waals surface area (Å²) in [6, 6.07) is 21.3. The fourth-order valence-electron chi connectivity index (χ4n) is 4.74. The van der Waals surface area contributed by atoms with Crippen molar-refractivity contribution in [3.63, 3.8) is 0 Å². The van der Waals surface area contributed by atoms with Crippen molar-refractivity contribution in [3.05, 3.63) is 89.7 Å². The first-order chi connectivity index (χ1) is 15.1. The number of aryl methyl sites for hydroxylation is 1. The lowest BCUT2D eigenvalue weighted by Gasteiger charge is -2.40. The van der Waals surface area contributed by atoms with Crippen LogP contribution in [0.25, 0.3) is 11.1 Å². The second kappa shape index (κ2) is 9.44. The topological polar surface area (TPSA) is 45.2 Å². The van der Waals surface area contributed by atoms with E-state index in [4.69, 9.17) is 0 Å². The van der Waals surface area contributed by atoms with Gasteiger partial charge in [-0.25, -0.2) is 0 Å². The van der Waals surface area contributed by atoms with Gasteiger partial charge in [0.05, 0.1) is 5.41 Å². The maximum atomic E-state index is 13.0. The van der Waals surface area contributed by atoms with Crippen LogP contribution in [0.2, 0.25) is 0 Å². The average molecular weight is 414 g/mol. The maximum absolute atomic E-state index is 13.0. The molecule has 1 amide bonds. The lowest BCUT2D eigenvalue weighted by atomic mass is 9.72. The number of hydrogen-bond acceptors (Lipinski definition) is 3. The summed E-state index contributed by atoms with van der Waals surface area (Å²) in [5.74, 6) is 0.162. The smallest absolute Gasteiger partial charge is 0.226 e. The van der Waals surface area contributed by atoms with Gasteiger partial charge in [0.15, 0.2) is 0 Å². The third-order valence-corrected chi connectivity index (χ3v) is 6.47. The molecule has 2 heterocycles. The molecular formula is C27H31N3O. The Labute approximate surface area is 185 Å². The Morgan fingerprint density at radius 2 is 1.74 bits per heavy atom. The summed E-state index contributed by atoms with van der Waals surface area (Å²) in [7, 11) is 1.76. The molecule has 4 heteroatoms. The number of rotatable bonds is 6. The summed E-state index contributed by atoms with van der Waals surface area (Å²) in [6.45, 7) is 4.95. The van der Waals surface area contributed by atoms with Crippen molar-refractivity contribution >= 4 is 5.91 Å². The quantitative estimate of drug-likeness (QED) is 0.641. The molecule has 1 N–H and O–H groups in total. The third-order valence-electron chi connectivity index (χ3n) is 6.47. The average Bonchev–Trinajstić information content (AvgIpc) is 2.81. The van der Waals surface area contributed by atoms with Gasteiger partial charge in [0.25, 0.3) is 0 Å². The summed E-state index contributed by atoms with van der Waals surface area (Å²) in [5, 5.41) is 2.95. The number of carbonyl (C=O) groups excluding carboxylic acids is 1. The number of amides is 1. The summed E-state index contributed by atoms with van der Waals surface area (Å²) >= 11 is 0. The molecule has 1 aliphatic heterocycles. The van der Waals surface area contributed by atoms with Crippen LogP contribution >= 0.6 is 0 Å². The van der Waals surface area contributed by atoms with Crippen LogP contribution in [0.15, 0.2) is 73.1 Å². The molecule has 4 rings (SSSR count). The van der Waals surface area contributed by atoms with Gasteiger partial charge in [-0.15, -0.1) is 0 Å². The maximum Gasteiger partial charge on any atom is 0.226 e. The monoisotopic (exact) mass is 413 g/mol. The fraction of sp³-hybridized carbons (Fsp3) is 0.333. The zero-order valence-corrected chi connectivity index (χ0v) is 18.5. The first-order valence-corrected chi connectivity index (χ1v) is 11.1. The van der Waals surface area contributed by atoms with Crippen LogP contribution in [0, 0.1) is 12.3 Å². The summed E-state index contributed by atoms with van der Waals surface area (Å²) < 4.78 is 0. The number of pyridine rings is 1. The van der Waals surface area contributed by atoms with Gasteiger partial charge in [-0.05, 0) is 67.6 Å². The minimum absolute atomic E-state index is 0.162. The van der Waals surface area contributed by atoms with Crippen molar-refractivity contribution in [2.75, 3.05) is 20.1 Å². The summed E-state index contributed by atoms with van der Waals surface area (Å²) in [5.41, 5.74) is 5.74. The van der Waals surface area contributed by atoms with Crippen LogP contribution in [-0.4, -0.2) is 35.9 Å². The highest BCUT2D eigenvalue weighted by Crippen LogP contribution is 2.37. The van der Waals surface area contributed by atoms with Crippen LogP contribution in [0.1, 0.15) is 29.5 Å². The number of likely N-dealkylation sites (tertiary alicyclic amines) is 1. The van der Waals surface area contributed by atoms with Gasteiger partial charge in [-0.2, -0.15) is 0 Å². The van der Waals surface area contributed by atoms with Gasteiger partial charge in [-0.1, -0.05) is 60.2 Å². The lowest BCUT2D eigenvalue weighted by Crippen LogP contribution is -2.49. The van der Waals surface area contributed by atoms with Gasteiger partial charge in [0.1, 0.15) is 0 Å². The SMILES string of the molecule is CNC(=O)C1(Cc2cccc(-c3cccnc3)c2)CCN(Cc2cccc(C)c2)CC1. The number of piperidine rings is 1. The van der Waals surface area contributed by atoms with E-state index in [1.54, 1.807) is 13.2 Å². The Kier molecular flexibility index (Phi) is 6.47. The summed E-state index contributed by atoms with van der Waals surface area (Å²) in [6.07, 6.45) is 6.18. The number of nitrogens with zero attached hydrogens (tertiary/aromatic N) is 2. The molecule has 0 aliphatic carbocycles. The second-order valence-electron chi connectivity index (χ2n) is 8.74. The van der Waals surface area contributed by atoms with E-state index in [9.17, 15) is 4.79 Å². The van der Waals surface area contributed by atoms with Crippen LogP contribution in [-0.2, 0) is 17.8 Å². The van der Waals surface area contributed by atoms with E-state index in [-0.39, 0.29) is 11.3 Å². The minimum Gasteiger partial charge on any atom is -0.359 e. The van der Waals surface area contributed by atoms with Crippen LogP contribution in [0.4, 0.5) is 0 Å². The molecule has 0 radical (unpaired) electrons. The minimum atomic E-state index is -0.356. The Balaban J connectivity index is 1.49. The molecule has 1 fully saturated rings. The van der Waals surface area contributed by atoms with Crippen LogP contribution in [0.5, 0.6) is 0 Å². The fourth-order valence-corrected chi connectivity index (χ4v) is 4.74. The van der Waals surface area contributed by atoms with E-state index in [0.29, 0.717) is 0 Å². The Morgan fingerprint density at radius 1 is 1.00 bits per heavy atom. The number of nitrogens with one attached hydrogen (secondary N) is 1. The van der Waals surface area contributed by atoms with Crippen LogP contribution in [0.3, 0.4) is 0 Å². The molecule has 4 nitrogen and oxygen atoms in total. The van der Waals surface area contributed by atoms with Gasteiger partial charge < -0.3 is 5.32 Å². The number of aromatic nitrogens is 1. The molecular weight excluding hydrogens is 382 g/mol. The molecule has 3 aromatic rings. The molecule has 1 aliphatic rings. The normalized spacial score (nSPS) is 16.1. The van der Waals surface area contributed by atoms with Crippen molar-refractivity contribution in [3.8, 4) is 11.1 Å². The predicted molar refractivity (Wildman–Crippen MR) is 126 cm³/mol. The van der Waals surface area contributed by atoms with Gasteiger partial charge in [-0.3, -0.25) is 14.7 Å². The molecule has 0 atom stereocenters. The van der Waals surface area contributed by atoms with Gasteiger partial charge >= 0.3 is 0 Å². The molecule has 0 bridgehead atoms. The number of hydrogen-bond donors (Lipinski definition) is 1. The highest BCUT2D eigenvalue weighted by molar-refractivity contribution is 5.83. The Morgan fingerprint density at radius 3 is 2.45 bits per heavy atom. The predicted octanol–water partition coefficient (Wildman–Crippen LogP) is 4.63. The van der Waals surface area contributed by atoms with E-state index in [1.165, 1.54) is 16.7 Å². The highest BCUT2D eigenvalue weighted by Gasteiger charge is 2.40. The van der Waals surface area contributed by atoms with Crippen molar-refractivity contribution in [2.45, 2.75) is 32.7 Å². The molecule has 1 saturated heterocycles. The zero-order chi connectivity index (χ0) is 21.7.